The van der Waals surface area contributed by atoms with Crippen LogP contribution in [0.25, 0.3) is 0 Å². The lowest BCUT2D eigenvalue weighted by Crippen LogP contribution is -2.48. The summed E-state index contributed by atoms with van der Waals surface area (Å²) < 4.78 is 38.0. The lowest BCUT2D eigenvalue weighted by molar-refractivity contribution is -0.141. The van der Waals surface area contributed by atoms with Gasteiger partial charge in [0.15, 0.2) is 5.60 Å². The predicted octanol–water partition coefficient (Wildman–Crippen LogP) is 2.07. The Balaban J connectivity index is 1.58. The monoisotopic (exact) mass is 373 g/mol. The summed E-state index contributed by atoms with van der Waals surface area (Å²) in [7, 11) is 0. The van der Waals surface area contributed by atoms with Crippen LogP contribution in [0.2, 0.25) is 0 Å². The number of imidazole rings is 1. The van der Waals surface area contributed by atoms with Crippen LogP contribution in [0.4, 0.5) is 13.2 Å². The summed E-state index contributed by atoms with van der Waals surface area (Å²) in [6.45, 7) is 4.02. The van der Waals surface area contributed by atoms with E-state index in [-0.39, 0.29) is 18.3 Å². The molecule has 10 heteroatoms. The number of nitrogens with one attached hydrogen (secondary N) is 2. The molecule has 144 valence electrons. The van der Waals surface area contributed by atoms with Gasteiger partial charge in [0.2, 0.25) is 0 Å². The first-order valence-corrected chi connectivity index (χ1v) is 8.68. The van der Waals surface area contributed by atoms with Crippen molar-refractivity contribution < 1.29 is 22.8 Å². The number of aromatic amines is 1. The summed E-state index contributed by atoms with van der Waals surface area (Å²) in [5.74, 6) is 0.0379. The summed E-state index contributed by atoms with van der Waals surface area (Å²) in [4.78, 5) is 25.8. The highest BCUT2D eigenvalue weighted by atomic mass is 19.4. The minimum Gasteiger partial charge on any atom is -0.387 e. The van der Waals surface area contributed by atoms with Gasteiger partial charge in [-0.25, -0.2) is 4.98 Å². The van der Waals surface area contributed by atoms with Crippen LogP contribution >= 0.6 is 0 Å². The Morgan fingerprint density at radius 1 is 1.50 bits per heavy atom. The van der Waals surface area contributed by atoms with Gasteiger partial charge in [-0.1, -0.05) is 12.1 Å². The number of nitrogens with zero attached hydrogens (tertiary/aromatic N) is 3. The molecule has 0 saturated carbocycles. The molecule has 0 aromatic carbocycles. The Hall–Kier alpha value is -2.10. The zero-order valence-corrected chi connectivity index (χ0v) is 14.5. The Labute approximate surface area is 149 Å². The third-order valence-corrected chi connectivity index (χ3v) is 4.56. The number of hydrogen-bond donors (Lipinski definition) is 2. The number of oxime groups is 1. The summed E-state index contributed by atoms with van der Waals surface area (Å²) in [6, 6.07) is 0. The van der Waals surface area contributed by atoms with E-state index < -0.39 is 17.5 Å². The van der Waals surface area contributed by atoms with E-state index in [1.165, 1.54) is 0 Å². The number of carbonyl (C=O) groups is 1. The highest BCUT2D eigenvalue weighted by Crippen LogP contribution is 2.34. The first kappa shape index (κ1) is 18.7. The predicted molar refractivity (Wildman–Crippen MR) is 87.3 cm³/mol. The van der Waals surface area contributed by atoms with Crippen molar-refractivity contribution >= 4 is 11.6 Å². The average molecular weight is 373 g/mol. The molecule has 2 aliphatic rings. The molecule has 1 spiro atoms. The highest BCUT2D eigenvalue weighted by Gasteiger charge is 2.44. The Bertz CT molecular complexity index is 688. The minimum absolute atomic E-state index is 0.221. The van der Waals surface area contributed by atoms with Crippen molar-refractivity contribution in [3.05, 3.63) is 17.7 Å². The van der Waals surface area contributed by atoms with Gasteiger partial charge in [0, 0.05) is 19.5 Å². The molecule has 2 N–H and O–H groups in total. The van der Waals surface area contributed by atoms with Crippen LogP contribution in [0, 0.1) is 0 Å². The molecule has 1 aromatic heterocycles. The maximum Gasteiger partial charge on any atom is 0.432 e. The van der Waals surface area contributed by atoms with Crippen molar-refractivity contribution in [2.45, 2.75) is 50.9 Å². The van der Waals surface area contributed by atoms with Crippen LogP contribution in [0.15, 0.2) is 11.4 Å². The number of aromatic nitrogens is 2. The molecule has 1 amide bonds. The molecule has 26 heavy (non-hydrogen) atoms. The lowest BCUT2D eigenvalue weighted by Gasteiger charge is -2.37. The van der Waals surface area contributed by atoms with Gasteiger partial charge in [0.05, 0.1) is 12.7 Å². The van der Waals surface area contributed by atoms with Crippen molar-refractivity contribution in [3.63, 3.8) is 0 Å². The number of alkyl halides is 3. The number of piperidine rings is 1. The van der Waals surface area contributed by atoms with Gasteiger partial charge in [0.1, 0.15) is 17.2 Å². The Morgan fingerprint density at radius 2 is 2.31 bits per heavy atom. The topological polar surface area (TPSA) is 82.6 Å². The molecule has 0 unspecified atom stereocenters. The summed E-state index contributed by atoms with van der Waals surface area (Å²) >= 11 is 0. The van der Waals surface area contributed by atoms with Gasteiger partial charge >= 0.3 is 6.18 Å². The van der Waals surface area contributed by atoms with Crippen molar-refractivity contribution in [2.75, 3.05) is 19.6 Å². The van der Waals surface area contributed by atoms with E-state index in [1.54, 1.807) is 0 Å². The summed E-state index contributed by atoms with van der Waals surface area (Å²) in [5.41, 5.74) is -1.07. The maximum absolute atomic E-state index is 12.7. The zero-order valence-electron chi connectivity index (χ0n) is 14.5. The van der Waals surface area contributed by atoms with Gasteiger partial charge in [-0.15, -0.1) is 0 Å². The quantitative estimate of drug-likeness (QED) is 0.828. The molecule has 0 radical (unpaired) electrons. The van der Waals surface area contributed by atoms with Crippen LogP contribution in [-0.2, 0) is 22.4 Å². The third-order valence-electron chi connectivity index (χ3n) is 4.56. The van der Waals surface area contributed by atoms with E-state index in [0.717, 1.165) is 32.0 Å². The first-order chi connectivity index (χ1) is 12.3. The number of halogens is 3. The van der Waals surface area contributed by atoms with Crippen molar-refractivity contribution in [3.8, 4) is 0 Å². The molecule has 3 rings (SSSR count). The number of carbonyl (C=O) groups excluding carboxylic acids is 1. The second-order valence-corrected chi connectivity index (χ2v) is 6.80. The fraction of sp³-hybridized carbons (Fsp3) is 0.688. The van der Waals surface area contributed by atoms with Gasteiger partial charge in [0.25, 0.3) is 5.91 Å². The molecular weight excluding hydrogens is 351 g/mol. The number of amides is 1. The largest absolute Gasteiger partial charge is 0.432 e. The average Bonchev–Trinajstić information content (AvgIpc) is 3.20. The van der Waals surface area contributed by atoms with Crippen LogP contribution in [-0.4, -0.2) is 51.7 Å². The van der Waals surface area contributed by atoms with E-state index in [2.05, 4.69) is 20.4 Å². The number of rotatable bonds is 5. The smallest absolute Gasteiger partial charge is 0.387 e. The minimum atomic E-state index is -4.43. The van der Waals surface area contributed by atoms with E-state index in [1.807, 2.05) is 11.8 Å². The fourth-order valence-corrected chi connectivity index (χ4v) is 3.33. The van der Waals surface area contributed by atoms with E-state index in [9.17, 15) is 18.0 Å². The zero-order chi connectivity index (χ0) is 18.8. The molecule has 2 aliphatic heterocycles. The highest BCUT2D eigenvalue weighted by molar-refractivity contribution is 6.39. The van der Waals surface area contributed by atoms with Crippen LogP contribution < -0.4 is 5.32 Å². The third kappa shape index (κ3) is 4.17. The van der Waals surface area contributed by atoms with Crippen LogP contribution in [0.1, 0.15) is 44.1 Å². The molecule has 1 atom stereocenters. The number of hydrogen-bond acceptors (Lipinski definition) is 5. The second kappa shape index (κ2) is 7.26. The maximum atomic E-state index is 12.7. The number of H-pyrrole nitrogens is 1. The molecule has 7 nitrogen and oxygen atoms in total. The van der Waals surface area contributed by atoms with Crippen molar-refractivity contribution in [1.29, 1.82) is 0 Å². The van der Waals surface area contributed by atoms with Gasteiger partial charge in [-0.2, -0.15) is 13.2 Å². The molecule has 1 saturated heterocycles. The summed E-state index contributed by atoms with van der Waals surface area (Å²) in [6.07, 6.45) is -0.819. The van der Waals surface area contributed by atoms with Gasteiger partial charge in [-0.3, -0.25) is 9.69 Å². The first-order valence-electron chi connectivity index (χ1n) is 8.68. The van der Waals surface area contributed by atoms with Crippen molar-refractivity contribution in [1.82, 2.24) is 20.2 Å². The molecule has 1 fully saturated rings. The van der Waals surface area contributed by atoms with Gasteiger partial charge in [-0.05, 0) is 25.8 Å². The van der Waals surface area contributed by atoms with E-state index in [0.29, 0.717) is 25.2 Å². The van der Waals surface area contributed by atoms with E-state index in [4.69, 9.17) is 4.84 Å². The normalized spacial score (nSPS) is 23.8. The van der Waals surface area contributed by atoms with Crippen LogP contribution in [0.3, 0.4) is 0 Å². The Morgan fingerprint density at radius 3 is 3.00 bits per heavy atom. The Kier molecular flexibility index (Phi) is 5.22. The molecule has 3 heterocycles. The second-order valence-electron chi connectivity index (χ2n) is 6.80. The molecular formula is C16H22F3N5O2. The fourth-order valence-electron chi connectivity index (χ4n) is 3.33. The van der Waals surface area contributed by atoms with Crippen LogP contribution in [0.5, 0.6) is 0 Å². The number of likely N-dealkylation sites (tertiary alicyclic amines) is 1. The van der Waals surface area contributed by atoms with Gasteiger partial charge < -0.3 is 15.1 Å². The molecule has 1 aromatic rings. The van der Waals surface area contributed by atoms with Crippen molar-refractivity contribution in [2.24, 2.45) is 5.16 Å². The lowest BCUT2D eigenvalue weighted by atomic mass is 9.88. The SMILES string of the molecule is CCCNC(=O)C1=NO[C@]2(CCCN(Cc3ncc(C(F)(F)F)[nH]3)C2)C1. The molecule has 0 bridgehead atoms. The summed E-state index contributed by atoms with van der Waals surface area (Å²) in [5, 5.41) is 6.73. The standard InChI is InChI=1S/C16H22F3N5O2/c1-2-5-20-14(25)11-7-15(26-23-11)4-3-6-24(10-15)9-13-21-8-12(22-13)16(17,18)19/h8H,2-7,9-10H2,1H3,(H,20,25)(H,21,22)/t15-/m1/s1. The molecule has 0 aliphatic carbocycles. The van der Waals surface area contributed by atoms with E-state index >= 15 is 0 Å².